The van der Waals surface area contributed by atoms with E-state index in [9.17, 15) is 4.79 Å². The number of carbonyl (C=O) groups excluding carboxylic acids is 1. The van der Waals surface area contributed by atoms with Crippen LogP contribution in [-0.4, -0.2) is 12.6 Å². The van der Waals surface area contributed by atoms with Gasteiger partial charge in [-0.1, -0.05) is 22.0 Å². The average Bonchev–Trinajstić information content (AvgIpc) is 1.83. The largest absolute Gasteiger partial charge is 0.460 e. The Morgan fingerprint density at radius 1 is 1.78 bits per heavy atom. The zero-order valence-electron chi connectivity index (χ0n) is 5.48. The van der Waals surface area contributed by atoms with Crippen LogP contribution in [0.1, 0.15) is 13.8 Å². The molecule has 0 unspecified atom stereocenters. The summed E-state index contributed by atoms with van der Waals surface area (Å²) in [6.45, 7) is 3.59. The van der Waals surface area contributed by atoms with Crippen molar-refractivity contribution in [3.63, 3.8) is 0 Å². The molecular weight excluding hydrogens is 184 g/mol. The van der Waals surface area contributed by atoms with E-state index in [4.69, 9.17) is 0 Å². The molecule has 3 heteroatoms. The minimum Gasteiger partial charge on any atom is -0.460 e. The molecule has 2 nitrogen and oxygen atoms in total. The van der Waals surface area contributed by atoms with Crippen molar-refractivity contribution in [2.24, 2.45) is 0 Å². The van der Waals surface area contributed by atoms with Crippen LogP contribution in [0.4, 0.5) is 0 Å². The van der Waals surface area contributed by atoms with Gasteiger partial charge in [0.2, 0.25) is 0 Å². The third kappa shape index (κ3) is 5.56. The number of esters is 1. The lowest BCUT2D eigenvalue weighted by atomic mass is 10.5. The second-order valence-electron chi connectivity index (χ2n) is 1.52. The van der Waals surface area contributed by atoms with Gasteiger partial charge in [-0.05, 0) is 6.92 Å². The maximum atomic E-state index is 10.2. The highest BCUT2D eigenvalue weighted by Crippen LogP contribution is 2.03. The molecule has 0 aromatic rings. The van der Waals surface area contributed by atoms with Gasteiger partial charge in [0, 0.05) is 11.4 Å². The van der Waals surface area contributed by atoms with Crippen LogP contribution in [0.5, 0.6) is 0 Å². The highest BCUT2D eigenvalue weighted by molar-refractivity contribution is 9.11. The number of rotatable bonds is 2. The van der Waals surface area contributed by atoms with Crippen LogP contribution >= 0.6 is 15.9 Å². The van der Waals surface area contributed by atoms with Crippen LogP contribution < -0.4 is 0 Å². The Hall–Kier alpha value is -0.310. The van der Waals surface area contributed by atoms with E-state index in [0.717, 1.165) is 4.48 Å². The molecule has 0 radical (unpaired) electrons. The lowest BCUT2D eigenvalue weighted by Gasteiger charge is -1.97. The van der Waals surface area contributed by atoms with E-state index < -0.39 is 0 Å². The van der Waals surface area contributed by atoms with Crippen molar-refractivity contribution in [3.8, 4) is 0 Å². The highest BCUT2D eigenvalue weighted by atomic mass is 79.9. The van der Waals surface area contributed by atoms with Gasteiger partial charge >= 0.3 is 5.97 Å². The summed E-state index contributed by atoms with van der Waals surface area (Å²) >= 11 is 3.19. The molecule has 0 saturated carbocycles. The predicted octanol–water partition coefficient (Wildman–Crippen LogP) is 1.85. The summed E-state index contributed by atoms with van der Waals surface area (Å²) < 4.78 is 5.53. The van der Waals surface area contributed by atoms with Crippen LogP contribution in [0.2, 0.25) is 0 Å². The van der Waals surface area contributed by atoms with Crippen molar-refractivity contribution in [1.82, 2.24) is 0 Å². The van der Waals surface area contributed by atoms with E-state index in [2.05, 4.69) is 20.7 Å². The van der Waals surface area contributed by atoms with E-state index in [0.29, 0.717) is 6.61 Å². The van der Waals surface area contributed by atoms with Gasteiger partial charge < -0.3 is 4.74 Å². The van der Waals surface area contributed by atoms with E-state index in [1.165, 1.54) is 6.92 Å². The van der Waals surface area contributed by atoms with E-state index in [-0.39, 0.29) is 5.97 Å². The van der Waals surface area contributed by atoms with Crippen LogP contribution in [0.15, 0.2) is 10.6 Å². The first kappa shape index (κ1) is 8.69. The topological polar surface area (TPSA) is 26.3 Å². The summed E-state index contributed by atoms with van der Waals surface area (Å²) in [5.41, 5.74) is 0. The molecule has 0 fully saturated rings. The third-order valence-electron chi connectivity index (χ3n) is 0.727. The summed E-state index contributed by atoms with van der Waals surface area (Å²) in [7, 11) is 0. The van der Waals surface area contributed by atoms with Crippen LogP contribution in [0, 0.1) is 0 Å². The molecule has 0 bridgehead atoms. The summed E-state index contributed by atoms with van der Waals surface area (Å²) in [4.78, 5) is 10.2. The van der Waals surface area contributed by atoms with Gasteiger partial charge in [-0.2, -0.15) is 0 Å². The van der Waals surface area contributed by atoms with Gasteiger partial charge in [0.1, 0.15) is 6.61 Å². The number of ether oxygens (including phenoxy) is 1. The van der Waals surface area contributed by atoms with Crippen molar-refractivity contribution >= 4 is 21.9 Å². The smallest absolute Gasteiger partial charge is 0.302 e. The van der Waals surface area contributed by atoms with Gasteiger partial charge in [-0.25, -0.2) is 0 Å². The Morgan fingerprint density at radius 3 is 2.67 bits per heavy atom. The minimum absolute atomic E-state index is 0.256. The molecule has 0 aromatic carbocycles. The molecule has 0 aromatic heterocycles. The lowest BCUT2D eigenvalue weighted by molar-refractivity contribution is -0.139. The minimum atomic E-state index is -0.256. The number of hydrogen-bond donors (Lipinski definition) is 0. The molecule has 0 aliphatic heterocycles. The van der Waals surface area contributed by atoms with E-state index >= 15 is 0 Å². The zero-order chi connectivity index (χ0) is 7.28. The summed E-state index contributed by atoms with van der Waals surface area (Å²) in [5, 5.41) is 0. The molecule has 0 N–H and O–H groups in total. The van der Waals surface area contributed by atoms with Gasteiger partial charge in [0.15, 0.2) is 0 Å². The molecule has 0 heterocycles. The van der Waals surface area contributed by atoms with Crippen molar-refractivity contribution in [2.75, 3.05) is 6.61 Å². The molecule has 52 valence electrons. The van der Waals surface area contributed by atoms with Gasteiger partial charge in [0.05, 0.1) is 0 Å². The molecule has 0 aliphatic rings. The fourth-order valence-electron chi connectivity index (χ4n) is 0.254. The van der Waals surface area contributed by atoms with Crippen LogP contribution in [-0.2, 0) is 9.53 Å². The van der Waals surface area contributed by atoms with Gasteiger partial charge in [0.25, 0.3) is 0 Å². The highest BCUT2D eigenvalue weighted by Gasteiger charge is 1.92. The first-order valence-corrected chi connectivity index (χ1v) is 3.40. The van der Waals surface area contributed by atoms with Crippen molar-refractivity contribution in [2.45, 2.75) is 13.8 Å². The molecule has 0 saturated heterocycles. The van der Waals surface area contributed by atoms with Crippen molar-refractivity contribution < 1.29 is 9.53 Å². The van der Waals surface area contributed by atoms with Gasteiger partial charge in [-0.15, -0.1) is 0 Å². The molecule has 0 aliphatic carbocycles. The summed E-state index contributed by atoms with van der Waals surface area (Å²) in [6, 6.07) is 0. The molecule has 0 atom stereocenters. The first-order chi connectivity index (χ1) is 4.16. The Bertz CT molecular complexity index is 129. The Kier molecular flexibility index (Phi) is 4.40. The fourth-order valence-corrected chi connectivity index (χ4v) is 0.368. The maximum Gasteiger partial charge on any atom is 0.302 e. The Balaban J connectivity index is 3.39. The molecular formula is C6H9BrO2. The van der Waals surface area contributed by atoms with Gasteiger partial charge in [-0.3, -0.25) is 4.79 Å². The summed E-state index contributed by atoms with van der Waals surface area (Å²) in [6.07, 6.45) is 1.84. The lowest BCUT2D eigenvalue weighted by Crippen LogP contribution is -1.99. The first-order valence-electron chi connectivity index (χ1n) is 2.61. The van der Waals surface area contributed by atoms with Crippen LogP contribution in [0.3, 0.4) is 0 Å². The quantitative estimate of drug-likeness (QED) is 0.625. The van der Waals surface area contributed by atoms with Crippen molar-refractivity contribution in [3.05, 3.63) is 10.6 Å². The standard InChI is InChI=1S/C6H9BrO2/c1-3-6(7)4-9-5(2)8/h3H,4H2,1-2H3/b6-3+. The normalized spacial score (nSPS) is 11.2. The van der Waals surface area contributed by atoms with E-state index in [1.54, 1.807) is 0 Å². The summed E-state index contributed by atoms with van der Waals surface area (Å²) in [5.74, 6) is -0.256. The zero-order valence-corrected chi connectivity index (χ0v) is 7.06. The predicted molar refractivity (Wildman–Crippen MR) is 39.3 cm³/mol. The Labute approximate surface area is 63.0 Å². The molecule has 0 spiro atoms. The number of halogens is 1. The second kappa shape index (κ2) is 4.56. The third-order valence-corrected chi connectivity index (χ3v) is 1.41. The second-order valence-corrected chi connectivity index (χ2v) is 2.53. The molecule has 0 rings (SSSR count). The maximum absolute atomic E-state index is 10.2. The number of carbonyl (C=O) groups is 1. The van der Waals surface area contributed by atoms with Crippen molar-refractivity contribution in [1.29, 1.82) is 0 Å². The fraction of sp³-hybridized carbons (Fsp3) is 0.500. The molecule has 9 heavy (non-hydrogen) atoms. The average molecular weight is 193 g/mol. The van der Waals surface area contributed by atoms with Crippen LogP contribution in [0.25, 0.3) is 0 Å². The number of hydrogen-bond acceptors (Lipinski definition) is 2. The number of allylic oxidation sites excluding steroid dienone is 1. The molecule has 0 amide bonds. The monoisotopic (exact) mass is 192 g/mol. The Morgan fingerprint density at radius 2 is 2.33 bits per heavy atom. The SMILES string of the molecule is C/C=C(/Br)COC(C)=O. The van der Waals surface area contributed by atoms with E-state index in [1.807, 2.05) is 13.0 Å².